The van der Waals surface area contributed by atoms with Crippen molar-refractivity contribution in [2.24, 2.45) is 5.92 Å². The Bertz CT molecular complexity index is 1090. The number of carbonyl (C=O) groups is 1. The topological polar surface area (TPSA) is 62.2 Å². The number of nitrogens with one attached hydrogen (secondary N) is 1. The van der Waals surface area contributed by atoms with E-state index in [1.165, 1.54) is 11.6 Å². The molecule has 1 aromatic heterocycles. The average Bonchev–Trinajstić information content (AvgIpc) is 2.80. The van der Waals surface area contributed by atoms with Crippen LogP contribution in [0, 0.1) is 5.92 Å². The lowest BCUT2D eigenvalue weighted by Crippen LogP contribution is -2.16. The number of rotatable bonds is 6. The van der Waals surface area contributed by atoms with Crippen LogP contribution in [0.15, 0.2) is 66.9 Å². The number of nitrogens with zero attached hydrogens (tertiary/aromatic N) is 1. The summed E-state index contributed by atoms with van der Waals surface area (Å²) in [5, 5.41) is 11.9. The Morgan fingerprint density at radius 3 is 2.27 bits per heavy atom. The number of aromatic nitrogens is 1. The first-order valence-corrected chi connectivity index (χ1v) is 11.0. The van der Waals surface area contributed by atoms with Gasteiger partial charge in [0.15, 0.2) is 0 Å². The molecule has 0 atom stereocenters. The number of pyridine rings is 1. The molecular formula is C26H25F3N2O2. The molecule has 33 heavy (non-hydrogen) atoms. The van der Waals surface area contributed by atoms with Crippen molar-refractivity contribution in [3.8, 4) is 11.1 Å². The molecule has 1 aliphatic rings. The molecule has 1 aliphatic carbocycles. The molecule has 1 saturated carbocycles. The monoisotopic (exact) mass is 454 g/mol. The lowest BCUT2D eigenvalue weighted by atomic mass is 9.77. The van der Waals surface area contributed by atoms with Gasteiger partial charge in [0.25, 0.3) is 0 Å². The number of hydrogen-bond donors (Lipinski definition) is 2. The summed E-state index contributed by atoms with van der Waals surface area (Å²) >= 11 is 0. The molecule has 0 unspecified atom stereocenters. The highest BCUT2D eigenvalue weighted by Crippen LogP contribution is 2.37. The van der Waals surface area contributed by atoms with E-state index in [0.29, 0.717) is 17.4 Å². The second-order valence-electron chi connectivity index (χ2n) is 8.57. The maximum Gasteiger partial charge on any atom is 0.416 e. The van der Waals surface area contributed by atoms with Gasteiger partial charge in [0, 0.05) is 23.9 Å². The second-order valence-corrected chi connectivity index (χ2v) is 8.57. The van der Waals surface area contributed by atoms with Gasteiger partial charge in [-0.15, -0.1) is 0 Å². The number of carboxylic acids is 1. The third kappa shape index (κ3) is 5.92. The highest BCUT2D eigenvalue weighted by atomic mass is 19.4. The van der Waals surface area contributed by atoms with Crippen molar-refractivity contribution in [2.75, 3.05) is 5.32 Å². The molecule has 0 saturated heterocycles. The molecule has 1 fully saturated rings. The number of hydrogen-bond acceptors (Lipinski definition) is 3. The number of halogens is 3. The van der Waals surface area contributed by atoms with Crippen LogP contribution in [0.2, 0.25) is 0 Å². The van der Waals surface area contributed by atoms with E-state index in [1.807, 2.05) is 6.07 Å². The molecular weight excluding hydrogens is 429 g/mol. The summed E-state index contributed by atoms with van der Waals surface area (Å²) in [7, 11) is 0. The van der Waals surface area contributed by atoms with Gasteiger partial charge in [0.05, 0.1) is 5.56 Å². The lowest BCUT2D eigenvalue weighted by Gasteiger charge is -2.28. The Morgan fingerprint density at radius 1 is 0.970 bits per heavy atom. The molecule has 2 aromatic carbocycles. The average molecular weight is 454 g/mol. The van der Waals surface area contributed by atoms with Crippen LogP contribution in [0.5, 0.6) is 0 Å². The fourth-order valence-corrected chi connectivity index (χ4v) is 4.45. The standard InChI is InChI=1S/C26H25F3N2O2/c27-26(28,29)22-2-1-3-23(15-22)31-24-13-12-21(16-30-24)20-10-8-19(9-11-20)18-6-4-17(5-7-18)14-25(32)33/h1-3,8-13,15-18H,4-7,14H2,(H,30,31)(H,32,33). The zero-order valence-corrected chi connectivity index (χ0v) is 18.0. The Kier molecular flexibility index (Phi) is 6.67. The van der Waals surface area contributed by atoms with Crippen LogP contribution < -0.4 is 5.32 Å². The largest absolute Gasteiger partial charge is 0.481 e. The maximum absolute atomic E-state index is 12.9. The molecule has 4 rings (SSSR count). The predicted molar refractivity (Wildman–Crippen MR) is 121 cm³/mol. The van der Waals surface area contributed by atoms with Gasteiger partial charge in [-0.05, 0) is 79.0 Å². The summed E-state index contributed by atoms with van der Waals surface area (Å²) in [6, 6.07) is 17.0. The van der Waals surface area contributed by atoms with E-state index in [0.717, 1.165) is 48.9 Å². The van der Waals surface area contributed by atoms with E-state index < -0.39 is 17.7 Å². The van der Waals surface area contributed by atoms with Crippen molar-refractivity contribution >= 4 is 17.5 Å². The van der Waals surface area contributed by atoms with Crippen molar-refractivity contribution < 1.29 is 23.1 Å². The molecule has 2 N–H and O–H groups in total. The maximum atomic E-state index is 12.9. The van der Waals surface area contributed by atoms with Crippen LogP contribution >= 0.6 is 0 Å². The van der Waals surface area contributed by atoms with E-state index in [1.54, 1.807) is 18.3 Å². The van der Waals surface area contributed by atoms with Gasteiger partial charge in [0.1, 0.15) is 5.82 Å². The summed E-state index contributed by atoms with van der Waals surface area (Å²) in [4.78, 5) is 15.2. The lowest BCUT2D eigenvalue weighted by molar-refractivity contribution is -0.139. The third-order valence-electron chi connectivity index (χ3n) is 6.25. The normalized spacial score (nSPS) is 18.6. The molecule has 172 valence electrons. The summed E-state index contributed by atoms with van der Waals surface area (Å²) in [6.07, 6.45) is 1.48. The minimum Gasteiger partial charge on any atom is -0.481 e. The summed E-state index contributed by atoms with van der Waals surface area (Å²) < 4.78 is 38.7. The number of alkyl halides is 3. The highest BCUT2D eigenvalue weighted by molar-refractivity contribution is 5.67. The van der Waals surface area contributed by atoms with Gasteiger partial charge in [-0.25, -0.2) is 4.98 Å². The van der Waals surface area contributed by atoms with Gasteiger partial charge in [-0.3, -0.25) is 4.79 Å². The zero-order valence-electron chi connectivity index (χ0n) is 18.0. The van der Waals surface area contributed by atoms with Crippen LogP contribution in [-0.2, 0) is 11.0 Å². The van der Waals surface area contributed by atoms with Crippen molar-refractivity contribution in [1.29, 1.82) is 0 Å². The van der Waals surface area contributed by atoms with Crippen molar-refractivity contribution in [1.82, 2.24) is 4.98 Å². The SMILES string of the molecule is O=C(O)CC1CCC(c2ccc(-c3ccc(Nc4cccc(C(F)(F)F)c4)nc3)cc2)CC1. The van der Waals surface area contributed by atoms with Gasteiger partial charge in [-0.2, -0.15) is 13.2 Å². The van der Waals surface area contributed by atoms with Gasteiger partial charge in [-0.1, -0.05) is 30.3 Å². The Hall–Kier alpha value is -3.35. The Labute approximate surface area is 190 Å². The van der Waals surface area contributed by atoms with Crippen LogP contribution in [0.1, 0.15) is 49.1 Å². The number of anilines is 2. The first-order chi connectivity index (χ1) is 15.8. The first-order valence-electron chi connectivity index (χ1n) is 11.0. The summed E-state index contributed by atoms with van der Waals surface area (Å²) in [5.74, 6) is 0.494. The number of benzene rings is 2. The molecule has 4 nitrogen and oxygen atoms in total. The third-order valence-corrected chi connectivity index (χ3v) is 6.25. The second kappa shape index (κ2) is 9.65. The van der Waals surface area contributed by atoms with E-state index in [4.69, 9.17) is 5.11 Å². The molecule has 0 bridgehead atoms. The quantitative estimate of drug-likeness (QED) is 0.411. The number of carboxylic acid groups (broad SMARTS) is 1. The van der Waals surface area contributed by atoms with Gasteiger partial charge in [0.2, 0.25) is 0 Å². The van der Waals surface area contributed by atoms with Crippen LogP contribution in [0.3, 0.4) is 0 Å². The predicted octanol–water partition coefficient (Wildman–Crippen LogP) is 7.26. The summed E-state index contributed by atoms with van der Waals surface area (Å²) in [6.45, 7) is 0. The van der Waals surface area contributed by atoms with E-state index in [9.17, 15) is 18.0 Å². The molecule has 0 spiro atoms. The molecule has 1 heterocycles. The van der Waals surface area contributed by atoms with Crippen molar-refractivity contribution in [2.45, 2.75) is 44.2 Å². The number of aliphatic carboxylic acids is 1. The molecule has 7 heteroatoms. The van der Waals surface area contributed by atoms with Crippen molar-refractivity contribution in [3.05, 3.63) is 78.0 Å². The Balaban J connectivity index is 1.38. The minimum absolute atomic E-state index is 0.261. The molecule has 0 aliphatic heterocycles. The smallest absolute Gasteiger partial charge is 0.416 e. The molecule has 0 radical (unpaired) electrons. The molecule has 0 amide bonds. The van der Waals surface area contributed by atoms with Crippen LogP contribution in [0.25, 0.3) is 11.1 Å². The fourth-order valence-electron chi connectivity index (χ4n) is 4.45. The van der Waals surface area contributed by atoms with Crippen LogP contribution in [-0.4, -0.2) is 16.1 Å². The van der Waals surface area contributed by atoms with Gasteiger partial charge < -0.3 is 10.4 Å². The minimum atomic E-state index is -4.39. The first kappa shape index (κ1) is 22.8. The zero-order chi connectivity index (χ0) is 23.4. The van der Waals surface area contributed by atoms with E-state index in [2.05, 4.69) is 34.6 Å². The van der Waals surface area contributed by atoms with Crippen molar-refractivity contribution in [3.63, 3.8) is 0 Å². The van der Waals surface area contributed by atoms with E-state index >= 15 is 0 Å². The van der Waals surface area contributed by atoms with Crippen LogP contribution in [0.4, 0.5) is 24.7 Å². The Morgan fingerprint density at radius 2 is 1.67 bits per heavy atom. The van der Waals surface area contributed by atoms with Gasteiger partial charge >= 0.3 is 12.1 Å². The fraction of sp³-hybridized carbons (Fsp3) is 0.308. The highest BCUT2D eigenvalue weighted by Gasteiger charge is 2.30. The summed E-state index contributed by atoms with van der Waals surface area (Å²) in [5.41, 5.74) is 2.81. The van der Waals surface area contributed by atoms with E-state index in [-0.39, 0.29) is 12.3 Å². The molecule has 3 aromatic rings.